The fourth-order valence-corrected chi connectivity index (χ4v) is 4.52. The van der Waals surface area contributed by atoms with Crippen LogP contribution in [0.2, 0.25) is 0 Å². The highest BCUT2D eigenvalue weighted by atomic mass is 32.2. The number of carbonyl (C=O) groups is 1. The van der Waals surface area contributed by atoms with Crippen LogP contribution >= 0.6 is 11.8 Å². The van der Waals surface area contributed by atoms with E-state index in [-0.39, 0.29) is 11.4 Å². The molecule has 0 spiro atoms. The van der Waals surface area contributed by atoms with E-state index < -0.39 is 0 Å². The lowest BCUT2D eigenvalue weighted by Gasteiger charge is -2.40. The van der Waals surface area contributed by atoms with Gasteiger partial charge in [0.25, 0.3) is 0 Å². The van der Waals surface area contributed by atoms with E-state index in [1.165, 1.54) is 30.2 Å². The number of carbonyl (C=O) groups excluding carboxylic acids is 1. The molecule has 7 nitrogen and oxygen atoms in total. The Morgan fingerprint density at radius 1 is 1.20 bits per heavy atom. The van der Waals surface area contributed by atoms with Crippen LogP contribution in [0.1, 0.15) is 44.0 Å². The van der Waals surface area contributed by atoms with Crippen molar-refractivity contribution in [2.75, 3.05) is 38.6 Å². The van der Waals surface area contributed by atoms with Crippen molar-refractivity contribution in [1.82, 2.24) is 25.0 Å². The van der Waals surface area contributed by atoms with Gasteiger partial charge in [0.15, 0.2) is 5.16 Å². The number of ether oxygens (including phenoxy) is 1. The summed E-state index contributed by atoms with van der Waals surface area (Å²) < 4.78 is 7.62. The van der Waals surface area contributed by atoms with E-state index in [2.05, 4.69) is 51.0 Å². The number of rotatable bonds is 9. The van der Waals surface area contributed by atoms with Gasteiger partial charge in [-0.1, -0.05) is 42.1 Å². The Balaban J connectivity index is 1.33. The summed E-state index contributed by atoms with van der Waals surface area (Å²) >= 11 is 1.47. The number of hydrogen-bond donors (Lipinski definition) is 1. The van der Waals surface area contributed by atoms with E-state index in [0.717, 1.165) is 43.8 Å². The molecule has 2 heterocycles. The van der Waals surface area contributed by atoms with Crippen molar-refractivity contribution in [3.8, 4) is 0 Å². The molecule has 1 aromatic carbocycles. The van der Waals surface area contributed by atoms with Crippen molar-refractivity contribution in [3.05, 3.63) is 41.7 Å². The predicted octanol–water partition coefficient (Wildman–Crippen LogP) is 2.52. The quantitative estimate of drug-likeness (QED) is 0.618. The van der Waals surface area contributed by atoms with Gasteiger partial charge in [-0.3, -0.25) is 9.69 Å². The summed E-state index contributed by atoms with van der Waals surface area (Å²) in [5.74, 6) is 1.94. The first-order valence-electron chi connectivity index (χ1n) is 10.7. The lowest BCUT2D eigenvalue weighted by molar-refractivity contribution is -0.119. The van der Waals surface area contributed by atoms with Crippen molar-refractivity contribution >= 4 is 17.7 Å². The largest absolute Gasteiger partial charge is 0.379 e. The Hall–Kier alpha value is -1.90. The molecule has 30 heavy (non-hydrogen) atoms. The lowest BCUT2D eigenvalue weighted by Crippen LogP contribution is -2.55. The fraction of sp³-hybridized carbons (Fsp3) is 0.591. The van der Waals surface area contributed by atoms with Crippen LogP contribution in [-0.2, 0) is 16.1 Å². The number of nitrogens with zero attached hydrogens (tertiary/aromatic N) is 4. The molecule has 0 unspecified atom stereocenters. The Morgan fingerprint density at radius 3 is 2.63 bits per heavy atom. The minimum atomic E-state index is -0.0867. The third-order valence-electron chi connectivity index (χ3n) is 5.79. The highest BCUT2D eigenvalue weighted by Crippen LogP contribution is 2.40. The molecule has 1 aliphatic carbocycles. The maximum absolute atomic E-state index is 12.5. The molecule has 0 bridgehead atoms. The SMILES string of the molecule is CC(C)(CNC(=O)CSc1nnc(C2CC2)n1Cc1ccccc1)N1CCOCC1. The van der Waals surface area contributed by atoms with Gasteiger partial charge in [-0.05, 0) is 32.3 Å². The maximum Gasteiger partial charge on any atom is 0.230 e. The number of hydrogen-bond acceptors (Lipinski definition) is 6. The van der Waals surface area contributed by atoms with E-state index in [9.17, 15) is 4.79 Å². The summed E-state index contributed by atoms with van der Waals surface area (Å²) in [6.07, 6.45) is 2.35. The van der Waals surface area contributed by atoms with Gasteiger partial charge in [0, 0.05) is 31.1 Å². The van der Waals surface area contributed by atoms with Crippen LogP contribution in [0.3, 0.4) is 0 Å². The van der Waals surface area contributed by atoms with Crippen LogP contribution in [0, 0.1) is 0 Å². The molecule has 8 heteroatoms. The average Bonchev–Trinajstić information content (AvgIpc) is 3.54. The predicted molar refractivity (Wildman–Crippen MR) is 118 cm³/mol. The van der Waals surface area contributed by atoms with Crippen molar-refractivity contribution < 1.29 is 9.53 Å². The molecule has 2 aromatic rings. The van der Waals surface area contributed by atoms with Crippen LogP contribution < -0.4 is 5.32 Å². The first kappa shape index (κ1) is 21.3. The highest BCUT2D eigenvalue weighted by molar-refractivity contribution is 7.99. The van der Waals surface area contributed by atoms with Crippen LogP contribution in [0.25, 0.3) is 0 Å². The smallest absolute Gasteiger partial charge is 0.230 e. The molecule has 1 saturated carbocycles. The highest BCUT2D eigenvalue weighted by Gasteiger charge is 2.31. The topological polar surface area (TPSA) is 72.3 Å². The van der Waals surface area contributed by atoms with Gasteiger partial charge < -0.3 is 14.6 Å². The first-order valence-corrected chi connectivity index (χ1v) is 11.7. The van der Waals surface area contributed by atoms with E-state index in [0.29, 0.717) is 18.2 Å². The molecule has 1 aromatic heterocycles. The molecule has 1 aliphatic heterocycles. The molecule has 0 radical (unpaired) electrons. The molecule has 2 aliphatic rings. The van der Waals surface area contributed by atoms with Crippen molar-refractivity contribution in [2.24, 2.45) is 0 Å². The van der Waals surface area contributed by atoms with Crippen molar-refractivity contribution in [1.29, 1.82) is 0 Å². The molecule has 4 rings (SSSR count). The normalized spacial score (nSPS) is 17.8. The number of benzene rings is 1. The minimum Gasteiger partial charge on any atom is -0.379 e. The van der Waals surface area contributed by atoms with Gasteiger partial charge in [0.1, 0.15) is 5.82 Å². The van der Waals surface area contributed by atoms with Crippen molar-refractivity contribution in [2.45, 2.75) is 49.8 Å². The van der Waals surface area contributed by atoms with Crippen LogP contribution in [0.15, 0.2) is 35.5 Å². The molecule has 0 atom stereocenters. The zero-order chi connectivity index (χ0) is 21.0. The third-order valence-corrected chi connectivity index (χ3v) is 6.76. The molecular formula is C22H31N5O2S. The number of morpholine rings is 1. The zero-order valence-electron chi connectivity index (χ0n) is 17.8. The monoisotopic (exact) mass is 429 g/mol. The fourth-order valence-electron chi connectivity index (χ4n) is 3.74. The van der Waals surface area contributed by atoms with E-state index in [1.807, 2.05) is 18.2 Å². The second-order valence-electron chi connectivity index (χ2n) is 8.66. The van der Waals surface area contributed by atoms with Gasteiger partial charge in [0.05, 0.1) is 25.5 Å². The number of amides is 1. The number of thioether (sulfide) groups is 1. The molecular weight excluding hydrogens is 398 g/mol. The zero-order valence-corrected chi connectivity index (χ0v) is 18.7. The van der Waals surface area contributed by atoms with E-state index in [4.69, 9.17) is 4.74 Å². The summed E-state index contributed by atoms with van der Waals surface area (Å²) in [6.45, 7) is 9.04. The van der Waals surface area contributed by atoms with E-state index >= 15 is 0 Å². The Morgan fingerprint density at radius 2 is 1.93 bits per heavy atom. The van der Waals surface area contributed by atoms with Crippen molar-refractivity contribution in [3.63, 3.8) is 0 Å². The van der Waals surface area contributed by atoms with Crippen LogP contribution in [0.5, 0.6) is 0 Å². The summed E-state index contributed by atoms with van der Waals surface area (Å²) in [5, 5.41) is 12.8. The summed E-state index contributed by atoms with van der Waals surface area (Å²) in [4.78, 5) is 14.9. The second-order valence-corrected chi connectivity index (χ2v) is 9.61. The summed E-state index contributed by atoms with van der Waals surface area (Å²) in [5.41, 5.74) is 1.13. The molecule has 2 fully saturated rings. The number of aromatic nitrogens is 3. The van der Waals surface area contributed by atoms with Crippen LogP contribution in [-0.4, -0.2) is 69.7 Å². The lowest BCUT2D eigenvalue weighted by atomic mass is 10.0. The van der Waals surface area contributed by atoms with Gasteiger partial charge in [-0.15, -0.1) is 10.2 Å². The van der Waals surface area contributed by atoms with Gasteiger partial charge in [-0.25, -0.2) is 0 Å². The second kappa shape index (κ2) is 9.49. The molecule has 1 N–H and O–H groups in total. The van der Waals surface area contributed by atoms with Gasteiger partial charge in [-0.2, -0.15) is 0 Å². The standard InChI is InChI=1S/C22H31N5O2S/c1-22(2,26-10-12-29-13-11-26)16-23-19(28)15-30-21-25-24-20(18-8-9-18)27(21)14-17-6-4-3-5-7-17/h3-7,18H,8-16H2,1-2H3,(H,23,28). The minimum absolute atomic E-state index is 0.0311. The third kappa shape index (κ3) is 5.42. The summed E-state index contributed by atoms with van der Waals surface area (Å²) in [6, 6.07) is 10.4. The van der Waals surface area contributed by atoms with Crippen LogP contribution in [0.4, 0.5) is 0 Å². The molecule has 1 amide bonds. The Bertz CT molecular complexity index is 844. The average molecular weight is 430 g/mol. The molecule has 1 saturated heterocycles. The van der Waals surface area contributed by atoms with Gasteiger partial charge >= 0.3 is 0 Å². The van der Waals surface area contributed by atoms with E-state index in [1.54, 1.807) is 0 Å². The molecule has 162 valence electrons. The Kier molecular flexibility index (Phi) is 6.75. The summed E-state index contributed by atoms with van der Waals surface area (Å²) in [7, 11) is 0. The first-order chi connectivity index (χ1) is 14.5. The van der Waals surface area contributed by atoms with Gasteiger partial charge in [0.2, 0.25) is 5.91 Å². The Labute approximate surface area is 182 Å². The number of nitrogens with one attached hydrogen (secondary N) is 1. The maximum atomic E-state index is 12.5.